The zero-order valence-electron chi connectivity index (χ0n) is 8.84. The molecule has 3 rings (SSSR count). The Balaban J connectivity index is 2.18. The Morgan fingerprint density at radius 3 is 2.94 bits per heavy atom. The third kappa shape index (κ3) is 1.71. The summed E-state index contributed by atoms with van der Waals surface area (Å²) in [6, 6.07) is 8.07. The van der Waals surface area contributed by atoms with E-state index >= 15 is 0 Å². The predicted molar refractivity (Wildman–Crippen MR) is 62.8 cm³/mol. The number of aromatic nitrogens is 3. The molecule has 2 heterocycles. The number of benzene rings is 1. The van der Waals surface area contributed by atoms with E-state index in [0.717, 1.165) is 0 Å². The van der Waals surface area contributed by atoms with Crippen molar-refractivity contribution in [3.63, 3.8) is 0 Å². The van der Waals surface area contributed by atoms with Gasteiger partial charge in [-0.25, -0.2) is 13.9 Å². The number of fused-ring (bicyclic) bond motifs is 1. The van der Waals surface area contributed by atoms with Crippen molar-refractivity contribution >= 4 is 11.3 Å². The van der Waals surface area contributed by atoms with Crippen LogP contribution in [0.4, 0.5) is 10.1 Å². The van der Waals surface area contributed by atoms with Gasteiger partial charge in [-0.1, -0.05) is 12.1 Å². The van der Waals surface area contributed by atoms with Crippen LogP contribution in [0.15, 0.2) is 42.7 Å². The molecular weight excluding hydrogens is 219 g/mol. The van der Waals surface area contributed by atoms with Crippen molar-refractivity contribution in [1.82, 2.24) is 14.6 Å². The quantitative estimate of drug-likeness (QED) is 0.694. The summed E-state index contributed by atoms with van der Waals surface area (Å²) in [6.07, 6.45) is 3.23. The largest absolute Gasteiger partial charge is 0.396 e. The van der Waals surface area contributed by atoms with Crippen molar-refractivity contribution in [3.8, 4) is 11.3 Å². The highest BCUT2D eigenvalue weighted by Gasteiger charge is 2.06. The van der Waals surface area contributed by atoms with Crippen molar-refractivity contribution in [1.29, 1.82) is 0 Å². The summed E-state index contributed by atoms with van der Waals surface area (Å²) >= 11 is 0. The summed E-state index contributed by atoms with van der Waals surface area (Å²) in [6.45, 7) is 0. The summed E-state index contributed by atoms with van der Waals surface area (Å²) in [5.41, 5.74) is 8.21. The minimum Gasteiger partial charge on any atom is -0.396 e. The molecule has 1 aromatic carbocycles. The SMILES string of the molecule is Nc1cnc2cc(-c3cccc(F)c3)nn2c1. The monoisotopic (exact) mass is 228 g/mol. The number of hydrogen-bond donors (Lipinski definition) is 1. The first-order chi connectivity index (χ1) is 8.22. The third-order valence-corrected chi connectivity index (χ3v) is 2.45. The zero-order valence-corrected chi connectivity index (χ0v) is 8.84. The fourth-order valence-corrected chi connectivity index (χ4v) is 1.68. The fourth-order valence-electron chi connectivity index (χ4n) is 1.68. The van der Waals surface area contributed by atoms with Gasteiger partial charge in [0.1, 0.15) is 5.82 Å². The first kappa shape index (κ1) is 9.77. The van der Waals surface area contributed by atoms with E-state index in [1.54, 1.807) is 35.1 Å². The molecule has 0 spiro atoms. The maximum absolute atomic E-state index is 13.1. The molecule has 0 unspecified atom stereocenters. The lowest BCUT2D eigenvalue weighted by Crippen LogP contribution is -1.93. The molecule has 0 aliphatic heterocycles. The topological polar surface area (TPSA) is 56.2 Å². The fraction of sp³-hybridized carbons (Fsp3) is 0. The first-order valence-electron chi connectivity index (χ1n) is 5.09. The van der Waals surface area contributed by atoms with Crippen LogP contribution in [-0.4, -0.2) is 14.6 Å². The highest BCUT2D eigenvalue weighted by atomic mass is 19.1. The van der Waals surface area contributed by atoms with Crippen LogP contribution >= 0.6 is 0 Å². The first-order valence-corrected chi connectivity index (χ1v) is 5.09. The summed E-state index contributed by atoms with van der Waals surface area (Å²) < 4.78 is 14.7. The predicted octanol–water partition coefficient (Wildman–Crippen LogP) is 2.12. The Kier molecular flexibility index (Phi) is 2.04. The van der Waals surface area contributed by atoms with Crippen LogP contribution < -0.4 is 5.73 Å². The van der Waals surface area contributed by atoms with Gasteiger partial charge in [-0.3, -0.25) is 0 Å². The normalized spacial score (nSPS) is 10.9. The molecular formula is C12H9FN4. The van der Waals surface area contributed by atoms with Crippen molar-refractivity contribution in [2.24, 2.45) is 0 Å². The average Bonchev–Trinajstić information content (AvgIpc) is 2.72. The second-order valence-corrected chi connectivity index (χ2v) is 3.73. The van der Waals surface area contributed by atoms with Crippen molar-refractivity contribution in [2.45, 2.75) is 0 Å². The summed E-state index contributed by atoms with van der Waals surface area (Å²) in [4.78, 5) is 4.13. The lowest BCUT2D eigenvalue weighted by Gasteiger charge is -1.95. The van der Waals surface area contributed by atoms with Gasteiger partial charge in [-0.05, 0) is 12.1 Å². The number of anilines is 1. The standard InChI is InChI=1S/C12H9FN4/c13-9-3-1-2-8(4-9)11-5-12-15-6-10(14)7-17(12)16-11/h1-7H,14H2. The molecule has 84 valence electrons. The summed E-state index contributed by atoms with van der Waals surface area (Å²) in [5.74, 6) is -0.285. The number of nitrogen functional groups attached to an aromatic ring is 1. The molecule has 0 fully saturated rings. The molecule has 5 heteroatoms. The molecule has 0 saturated carbocycles. The van der Waals surface area contributed by atoms with Gasteiger partial charge in [0.2, 0.25) is 0 Å². The van der Waals surface area contributed by atoms with Gasteiger partial charge in [0.15, 0.2) is 5.65 Å². The molecule has 0 amide bonds. The number of nitrogens with zero attached hydrogens (tertiary/aromatic N) is 3. The van der Waals surface area contributed by atoms with E-state index in [4.69, 9.17) is 5.73 Å². The highest BCUT2D eigenvalue weighted by molar-refractivity contribution is 5.64. The molecule has 17 heavy (non-hydrogen) atoms. The molecule has 2 aromatic heterocycles. The smallest absolute Gasteiger partial charge is 0.155 e. The van der Waals surface area contributed by atoms with Crippen molar-refractivity contribution in [2.75, 3.05) is 5.73 Å². The number of nitrogens with two attached hydrogens (primary N) is 1. The molecule has 0 aliphatic carbocycles. The van der Waals surface area contributed by atoms with Gasteiger partial charge in [-0.2, -0.15) is 5.10 Å². The van der Waals surface area contributed by atoms with Gasteiger partial charge < -0.3 is 5.73 Å². The second-order valence-electron chi connectivity index (χ2n) is 3.73. The van der Waals surface area contributed by atoms with E-state index in [1.165, 1.54) is 12.1 Å². The average molecular weight is 228 g/mol. The van der Waals surface area contributed by atoms with Crippen molar-refractivity contribution < 1.29 is 4.39 Å². The molecule has 0 atom stereocenters. The lowest BCUT2D eigenvalue weighted by molar-refractivity contribution is 0.628. The number of rotatable bonds is 1. The molecule has 3 aromatic rings. The molecule has 4 nitrogen and oxygen atoms in total. The van der Waals surface area contributed by atoms with Gasteiger partial charge in [0.25, 0.3) is 0 Å². The van der Waals surface area contributed by atoms with Crippen LogP contribution in [-0.2, 0) is 0 Å². The van der Waals surface area contributed by atoms with E-state index in [2.05, 4.69) is 10.1 Å². The minimum absolute atomic E-state index is 0.285. The van der Waals surface area contributed by atoms with E-state index in [-0.39, 0.29) is 5.82 Å². The molecule has 0 radical (unpaired) electrons. The lowest BCUT2D eigenvalue weighted by atomic mass is 10.1. The van der Waals surface area contributed by atoms with E-state index in [9.17, 15) is 4.39 Å². The van der Waals surface area contributed by atoms with Crippen LogP contribution in [0, 0.1) is 5.82 Å². The number of halogens is 1. The molecule has 0 bridgehead atoms. The van der Waals surface area contributed by atoms with Gasteiger partial charge in [-0.15, -0.1) is 0 Å². The van der Waals surface area contributed by atoms with E-state index in [0.29, 0.717) is 22.6 Å². The Morgan fingerprint density at radius 2 is 2.12 bits per heavy atom. The summed E-state index contributed by atoms with van der Waals surface area (Å²) in [5, 5.41) is 4.29. The second kappa shape index (κ2) is 3.55. The van der Waals surface area contributed by atoms with Crippen LogP contribution in [0.1, 0.15) is 0 Å². The van der Waals surface area contributed by atoms with Crippen LogP contribution in [0.3, 0.4) is 0 Å². The highest BCUT2D eigenvalue weighted by Crippen LogP contribution is 2.19. The van der Waals surface area contributed by atoms with Gasteiger partial charge in [0.05, 0.1) is 23.8 Å². The van der Waals surface area contributed by atoms with Crippen LogP contribution in [0.25, 0.3) is 16.9 Å². The Hall–Kier alpha value is -2.43. The van der Waals surface area contributed by atoms with Crippen LogP contribution in [0.5, 0.6) is 0 Å². The Labute approximate surface area is 96.5 Å². The van der Waals surface area contributed by atoms with Gasteiger partial charge >= 0.3 is 0 Å². The Bertz CT molecular complexity index is 690. The summed E-state index contributed by atoms with van der Waals surface area (Å²) in [7, 11) is 0. The van der Waals surface area contributed by atoms with Crippen LogP contribution in [0.2, 0.25) is 0 Å². The van der Waals surface area contributed by atoms with E-state index < -0.39 is 0 Å². The molecule has 0 saturated heterocycles. The maximum atomic E-state index is 13.1. The van der Waals surface area contributed by atoms with Crippen molar-refractivity contribution in [3.05, 3.63) is 48.5 Å². The zero-order chi connectivity index (χ0) is 11.8. The minimum atomic E-state index is -0.285. The van der Waals surface area contributed by atoms with E-state index in [1.807, 2.05) is 0 Å². The Morgan fingerprint density at radius 1 is 1.24 bits per heavy atom. The third-order valence-electron chi connectivity index (χ3n) is 2.45. The molecule has 2 N–H and O–H groups in total. The maximum Gasteiger partial charge on any atom is 0.155 e. The number of hydrogen-bond acceptors (Lipinski definition) is 3. The molecule has 0 aliphatic rings. The van der Waals surface area contributed by atoms with Gasteiger partial charge in [0, 0.05) is 11.6 Å².